The molecule has 0 unspecified atom stereocenters. The quantitative estimate of drug-likeness (QED) is 0.838. The summed E-state index contributed by atoms with van der Waals surface area (Å²) in [7, 11) is 0. The molecule has 0 spiro atoms. The lowest BCUT2D eigenvalue weighted by molar-refractivity contribution is 0.0500. The molecule has 2 aliphatic rings. The summed E-state index contributed by atoms with van der Waals surface area (Å²) in [6, 6.07) is 6.14. The van der Waals surface area contributed by atoms with E-state index in [-0.39, 0.29) is 12.0 Å². The summed E-state index contributed by atoms with van der Waals surface area (Å²) >= 11 is 1.45. The predicted molar refractivity (Wildman–Crippen MR) is 95.5 cm³/mol. The van der Waals surface area contributed by atoms with E-state index in [4.69, 9.17) is 4.74 Å². The Labute approximate surface area is 151 Å². The van der Waals surface area contributed by atoms with Crippen LogP contribution in [0.2, 0.25) is 0 Å². The van der Waals surface area contributed by atoms with Crippen LogP contribution in [-0.2, 0) is 11.3 Å². The molecule has 0 bridgehead atoms. The van der Waals surface area contributed by atoms with Gasteiger partial charge in [0.25, 0.3) is 5.91 Å². The Hall–Kier alpha value is -1.83. The summed E-state index contributed by atoms with van der Waals surface area (Å²) in [6.45, 7) is 6.65. The molecule has 2 atom stereocenters. The first-order valence-electron chi connectivity index (χ1n) is 8.63. The number of hydrogen-bond acceptors (Lipinski definition) is 6. The van der Waals surface area contributed by atoms with Crippen LogP contribution in [0.25, 0.3) is 0 Å². The standard InChI is InChI=1S/C18H22N4O2S/c1-13-3-2-4-15(20-13)9-21-7-14-8-22(5-6-24-17(14)10-21)18(23)16-11-25-12-19-16/h2-4,11-12,14,17H,5-10H2,1H3/t14-,17-/m0/s1. The van der Waals surface area contributed by atoms with E-state index in [2.05, 4.69) is 27.0 Å². The summed E-state index contributed by atoms with van der Waals surface area (Å²) < 4.78 is 6.04. The van der Waals surface area contributed by atoms with Gasteiger partial charge < -0.3 is 9.64 Å². The molecule has 2 aromatic rings. The molecule has 2 aromatic heterocycles. The number of carbonyl (C=O) groups excluding carboxylic acids is 1. The molecule has 25 heavy (non-hydrogen) atoms. The van der Waals surface area contributed by atoms with Crippen LogP contribution in [0.3, 0.4) is 0 Å². The number of pyridine rings is 1. The number of hydrogen-bond donors (Lipinski definition) is 0. The van der Waals surface area contributed by atoms with Gasteiger partial charge in [0.1, 0.15) is 5.69 Å². The van der Waals surface area contributed by atoms with E-state index in [1.54, 1.807) is 5.51 Å². The van der Waals surface area contributed by atoms with Crippen LogP contribution in [0.4, 0.5) is 0 Å². The van der Waals surface area contributed by atoms with E-state index >= 15 is 0 Å². The Morgan fingerprint density at radius 2 is 2.28 bits per heavy atom. The normalized spacial score (nSPS) is 24.1. The van der Waals surface area contributed by atoms with Gasteiger partial charge in [-0.15, -0.1) is 11.3 Å². The van der Waals surface area contributed by atoms with Crippen LogP contribution in [0.5, 0.6) is 0 Å². The van der Waals surface area contributed by atoms with Gasteiger partial charge in [-0.1, -0.05) is 6.07 Å². The fraction of sp³-hybridized carbons (Fsp3) is 0.500. The molecular weight excluding hydrogens is 336 g/mol. The van der Waals surface area contributed by atoms with Crippen molar-refractivity contribution in [1.82, 2.24) is 19.8 Å². The second-order valence-electron chi connectivity index (χ2n) is 6.76. The summed E-state index contributed by atoms with van der Waals surface area (Å²) in [4.78, 5) is 25.6. The van der Waals surface area contributed by atoms with Gasteiger partial charge in [-0.2, -0.15) is 0 Å². The van der Waals surface area contributed by atoms with Crippen molar-refractivity contribution in [3.8, 4) is 0 Å². The number of ether oxygens (including phenoxy) is 1. The highest BCUT2D eigenvalue weighted by atomic mass is 32.1. The van der Waals surface area contributed by atoms with E-state index in [1.807, 2.05) is 23.3 Å². The molecule has 132 valence electrons. The van der Waals surface area contributed by atoms with Crippen LogP contribution in [0.1, 0.15) is 21.9 Å². The number of amides is 1. The van der Waals surface area contributed by atoms with Crippen molar-refractivity contribution in [2.24, 2.45) is 5.92 Å². The van der Waals surface area contributed by atoms with E-state index in [0.717, 1.165) is 37.6 Å². The summed E-state index contributed by atoms with van der Waals surface area (Å²) in [5, 5.41) is 1.82. The molecule has 1 amide bonds. The van der Waals surface area contributed by atoms with Gasteiger partial charge in [0.05, 0.1) is 23.9 Å². The minimum Gasteiger partial charge on any atom is -0.375 e. The van der Waals surface area contributed by atoms with Crippen molar-refractivity contribution in [1.29, 1.82) is 0 Å². The Bertz CT molecular complexity index is 736. The highest BCUT2D eigenvalue weighted by Crippen LogP contribution is 2.25. The molecule has 0 aromatic carbocycles. The molecule has 2 saturated heterocycles. The maximum absolute atomic E-state index is 12.6. The average Bonchev–Trinajstić information content (AvgIpc) is 3.20. The molecule has 2 fully saturated rings. The van der Waals surface area contributed by atoms with E-state index in [9.17, 15) is 4.79 Å². The third-order valence-electron chi connectivity index (χ3n) is 4.87. The lowest BCUT2D eigenvalue weighted by atomic mass is 10.1. The lowest BCUT2D eigenvalue weighted by Gasteiger charge is -2.23. The van der Waals surface area contributed by atoms with Gasteiger partial charge in [-0.3, -0.25) is 14.7 Å². The molecular formula is C18H22N4O2S. The van der Waals surface area contributed by atoms with E-state index in [1.165, 1.54) is 11.3 Å². The first-order valence-corrected chi connectivity index (χ1v) is 9.57. The topological polar surface area (TPSA) is 58.6 Å². The van der Waals surface area contributed by atoms with Gasteiger partial charge in [0.2, 0.25) is 0 Å². The van der Waals surface area contributed by atoms with Crippen molar-refractivity contribution in [3.05, 3.63) is 46.2 Å². The minimum absolute atomic E-state index is 0.0179. The Balaban J connectivity index is 1.41. The van der Waals surface area contributed by atoms with Gasteiger partial charge in [0.15, 0.2) is 0 Å². The van der Waals surface area contributed by atoms with Gasteiger partial charge in [0, 0.05) is 49.7 Å². The number of aryl methyl sites for hydroxylation is 1. The zero-order chi connectivity index (χ0) is 17.2. The number of likely N-dealkylation sites (tertiary alicyclic amines) is 1. The van der Waals surface area contributed by atoms with Crippen molar-refractivity contribution in [3.63, 3.8) is 0 Å². The summed E-state index contributed by atoms with van der Waals surface area (Å²) in [6.07, 6.45) is 0.193. The molecule has 7 heteroatoms. The van der Waals surface area contributed by atoms with Gasteiger partial charge in [-0.25, -0.2) is 4.98 Å². The largest absolute Gasteiger partial charge is 0.375 e. The molecule has 0 N–H and O–H groups in total. The molecule has 0 aliphatic carbocycles. The van der Waals surface area contributed by atoms with Crippen LogP contribution >= 0.6 is 11.3 Å². The molecule has 0 radical (unpaired) electrons. The fourth-order valence-electron chi connectivity index (χ4n) is 3.69. The molecule has 4 rings (SSSR count). The van der Waals surface area contributed by atoms with Crippen molar-refractivity contribution >= 4 is 17.2 Å². The fourth-order valence-corrected chi connectivity index (χ4v) is 4.22. The highest BCUT2D eigenvalue weighted by molar-refractivity contribution is 7.07. The maximum Gasteiger partial charge on any atom is 0.273 e. The SMILES string of the molecule is Cc1cccc(CN2C[C@H]3CN(C(=O)c4cscn4)CCO[C@H]3C2)n1. The van der Waals surface area contributed by atoms with Crippen molar-refractivity contribution in [2.75, 3.05) is 32.8 Å². The van der Waals surface area contributed by atoms with Crippen LogP contribution in [0, 0.1) is 12.8 Å². The minimum atomic E-state index is 0.0179. The monoisotopic (exact) mass is 358 g/mol. The number of nitrogens with zero attached hydrogens (tertiary/aromatic N) is 4. The van der Waals surface area contributed by atoms with Crippen molar-refractivity contribution in [2.45, 2.75) is 19.6 Å². The first-order chi connectivity index (χ1) is 12.2. The molecule has 2 aliphatic heterocycles. The summed E-state index contributed by atoms with van der Waals surface area (Å²) in [5.41, 5.74) is 4.38. The average molecular weight is 358 g/mol. The molecule has 0 saturated carbocycles. The van der Waals surface area contributed by atoms with E-state index < -0.39 is 0 Å². The first kappa shape index (κ1) is 16.6. The van der Waals surface area contributed by atoms with Crippen LogP contribution in [-0.4, -0.2) is 64.6 Å². The van der Waals surface area contributed by atoms with Gasteiger partial charge in [-0.05, 0) is 19.1 Å². The van der Waals surface area contributed by atoms with E-state index in [0.29, 0.717) is 24.8 Å². The molecule has 6 nitrogen and oxygen atoms in total. The third-order valence-corrected chi connectivity index (χ3v) is 5.46. The maximum atomic E-state index is 12.6. The highest BCUT2D eigenvalue weighted by Gasteiger charge is 2.38. The number of fused-ring (bicyclic) bond motifs is 1. The van der Waals surface area contributed by atoms with Gasteiger partial charge >= 0.3 is 0 Å². The number of carbonyl (C=O) groups is 1. The van der Waals surface area contributed by atoms with Crippen LogP contribution in [0.15, 0.2) is 29.1 Å². The smallest absolute Gasteiger partial charge is 0.273 e. The number of thiazole rings is 1. The zero-order valence-electron chi connectivity index (χ0n) is 14.3. The Morgan fingerprint density at radius 3 is 3.08 bits per heavy atom. The Kier molecular flexibility index (Phi) is 4.78. The second kappa shape index (κ2) is 7.19. The zero-order valence-corrected chi connectivity index (χ0v) is 15.1. The summed E-state index contributed by atoms with van der Waals surface area (Å²) in [5.74, 6) is 0.360. The number of aromatic nitrogens is 2. The Morgan fingerprint density at radius 1 is 1.36 bits per heavy atom. The molecule has 4 heterocycles. The predicted octanol–water partition coefficient (Wildman–Crippen LogP) is 1.82. The lowest BCUT2D eigenvalue weighted by Crippen LogP contribution is -2.37. The second-order valence-corrected chi connectivity index (χ2v) is 7.48. The number of rotatable bonds is 3. The van der Waals surface area contributed by atoms with Crippen LogP contribution < -0.4 is 0 Å². The van der Waals surface area contributed by atoms with Crippen molar-refractivity contribution < 1.29 is 9.53 Å². The third kappa shape index (κ3) is 3.73.